The molecule has 1 aromatic rings. The predicted molar refractivity (Wildman–Crippen MR) is 57.2 cm³/mol. The van der Waals surface area contributed by atoms with E-state index in [0.717, 1.165) is 17.5 Å². The van der Waals surface area contributed by atoms with E-state index in [-0.39, 0.29) is 0 Å². The molecule has 70 valence electrons. The molecule has 13 heavy (non-hydrogen) atoms. The van der Waals surface area contributed by atoms with Crippen molar-refractivity contribution in [1.29, 1.82) is 0 Å². The summed E-state index contributed by atoms with van der Waals surface area (Å²) in [6.07, 6.45) is 4.85. The predicted octanol–water partition coefficient (Wildman–Crippen LogP) is 3.34. The maximum absolute atomic E-state index is 9.23. The largest absolute Gasteiger partial charge is 0.508 e. The number of phenolic OH excluding ortho intramolecular Hbond substituents is 1. The lowest BCUT2D eigenvalue weighted by Crippen LogP contribution is -1.79. The standard InChI is InChI=1S/C11H13ClO/c1-9-5-6-11(13)8-10(9)4-2-3-7-12/h2,4-6,8,13H,3,7H2,1H3. The molecule has 0 fully saturated rings. The van der Waals surface area contributed by atoms with Gasteiger partial charge >= 0.3 is 0 Å². The summed E-state index contributed by atoms with van der Waals surface area (Å²) < 4.78 is 0. The number of aryl methyl sites for hydroxylation is 1. The molecule has 0 aliphatic carbocycles. The highest BCUT2D eigenvalue weighted by Gasteiger charge is 1.94. The van der Waals surface area contributed by atoms with Gasteiger partial charge in [0.05, 0.1) is 0 Å². The molecule has 0 saturated carbocycles. The summed E-state index contributed by atoms with van der Waals surface area (Å²) in [7, 11) is 0. The molecule has 0 amide bonds. The highest BCUT2D eigenvalue weighted by Crippen LogP contribution is 2.17. The number of alkyl halides is 1. The third-order valence-electron chi connectivity index (χ3n) is 1.84. The van der Waals surface area contributed by atoms with Crippen LogP contribution in [0.2, 0.25) is 0 Å². The van der Waals surface area contributed by atoms with E-state index < -0.39 is 0 Å². The van der Waals surface area contributed by atoms with Gasteiger partial charge in [0, 0.05) is 5.88 Å². The van der Waals surface area contributed by atoms with Gasteiger partial charge in [0.1, 0.15) is 5.75 Å². The second-order valence-electron chi connectivity index (χ2n) is 2.92. The third-order valence-corrected chi connectivity index (χ3v) is 2.05. The fraction of sp³-hybridized carbons (Fsp3) is 0.273. The molecule has 0 radical (unpaired) electrons. The highest BCUT2D eigenvalue weighted by molar-refractivity contribution is 6.17. The van der Waals surface area contributed by atoms with Crippen LogP contribution in [-0.4, -0.2) is 11.0 Å². The highest BCUT2D eigenvalue weighted by atomic mass is 35.5. The molecule has 0 heterocycles. The summed E-state index contributed by atoms with van der Waals surface area (Å²) in [6.45, 7) is 2.01. The van der Waals surface area contributed by atoms with E-state index in [1.54, 1.807) is 12.1 Å². The Morgan fingerprint density at radius 2 is 2.23 bits per heavy atom. The van der Waals surface area contributed by atoms with Crippen molar-refractivity contribution < 1.29 is 5.11 Å². The number of aromatic hydroxyl groups is 1. The fourth-order valence-electron chi connectivity index (χ4n) is 1.08. The smallest absolute Gasteiger partial charge is 0.116 e. The van der Waals surface area contributed by atoms with Crippen LogP contribution in [-0.2, 0) is 0 Å². The summed E-state index contributed by atoms with van der Waals surface area (Å²) in [6, 6.07) is 5.34. The van der Waals surface area contributed by atoms with Gasteiger partial charge in [-0.3, -0.25) is 0 Å². The zero-order chi connectivity index (χ0) is 9.68. The van der Waals surface area contributed by atoms with Crippen molar-refractivity contribution in [3.8, 4) is 5.75 Å². The Balaban J connectivity index is 2.81. The van der Waals surface area contributed by atoms with Crippen molar-refractivity contribution in [3.63, 3.8) is 0 Å². The molecule has 0 saturated heterocycles. The van der Waals surface area contributed by atoms with Crippen LogP contribution in [0.25, 0.3) is 6.08 Å². The number of rotatable bonds is 3. The van der Waals surface area contributed by atoms with Gasteiger partial charge in [-0.2, -0.15) is 0 Å². The minimum absolute atomic E-state index is 0.302. The third kappa shape index (κ3) is 3.11. The number of hydrogen-bond acceptors (Lipinski definition) is 1. The lowest BCUT2D eigenvalue weighted by atomic mass is 10.1. The van der Waals surface area contributed by atoms with Crippen LogP contribution in [0.5, 0.6) is 5.75 Å². The average Bonchev–Trinajstić information content (AvgIpc) is 2.11. The Labute approximate surface area is 83.7 Å². The van der Waals surface area contributed by atoms with Crippen molar-refractivity contribution in [2.45, 2.75) is 13.3 Å². The van der Waals surface area contributed by atoms with Gasteiger partial charge in [-0.15, -0.1) is 11.6 Å². The van der Waals surface area contributed by atoms with Crippen LogP contribution in [0.3, 0.4) is 0 Å². The minimum Gasteiger partial charge on any atom is -0.508 e. The molecule has 0 aromatic heterocycles. The van der Waals surface area contributed by atoms with Crippen LogP contribution >= 0.6 is 11.6 Å². The molecule has 0 spiro atoms. The van der Waals surface area contributed by atoms with Gasteiger partial charge in [0.2, 0.25) is 0 Å². The number of allylic oxidation sites excluding steroid dienone is 1. The van der Waals surface area contributed by atoms with Crippen molar-refractivity contribution in [2.75, 3.05) is 5.88 Å². The van der Waals surface area contributed by atoms with Gasteiger partial charge < -0.3 is 5.11 Å². The molecule has 0 atom stereocenters. The Morgan fingerprint density at radius 3 is 2.92 bits per heavy atom. The Bertz CT molecular complexity index is 305. The summed E-state index contributed by atoms with van der Waals surface area (Å²) in [5.74, 6) is 0.935. The summed E-state index contributed by atoms with van der Waals surface area (Å²) in [5.41, 5.74) is 2.20. The molecular weight excluding hydrogens is 184 g/mol. The molecular formula is C11H13ClO. The van der Waals surface area contributed by atoms with E-state index in [4.69, 9.17) is 11.6 Å². The first kappa shape index (κ1) is 10.1. The van der Waals surface area contributed by atoms with Gasteiger partial charge in [-0.1, -0.05) is 18.2 Å². The maximum atomic E-state index is 9.23. The first-order valence-electron chi connectivity index (χ1n) is 4.26. The summed E-state index contributed by atoms with van der Waals surface area (Å²) in [5, 5.41) is 9.23. The lowest BCUT2D eigenvalue weighted by Gasteiger charge is -2.00. The van der Waals surface area contributed by atoms with Crippen molar-refractivity contribution >= 4 is 17.7 Å². The van der Waals surface area contributed by atoms with E-state index in [9.17, 15) is 5.11 Å². The van der Waals surface area contributed by atoms with Crippen molar-refractivity contribution in [1.82, 2.24) is 0 Å². The van der Waals surface area contributed by atoms with Crippen molar-refractivity contribution in [3.05, 3.63) is 35.4 Å². The SMILES string of the molecule is Cc1ccc(O)cc1C=CCCCl. The molecule has 2 heteroatoms. The second kappa shape index (κ2) is 4.93. The number of halogens is 1. The Kier molecular flexibility index (Phi) is 3.84. The molecule has 0 aliphatic rings. The van der Waals surface area contributed by atoms with Crippen LogP contribution < -0.4 is 0 Å². The van der Waals surface area contributed by atoms with Crippen LogP contribution in [0.15, 0.2) is 24.3 Å². The van der Waals surface area contributed by atoms with Gasteiger partial charge in [-0.25, -0.2) is 0 Å². The molecule has 0 aliphatic heterocycles. The zero-order valence-electron chi connectivity index (χ0n) is 7.63. The first-order chi connectivity index (χ1) is 6.24. The molecule has 0 unspecified atom stereocenters. The lowest BCUT2D eigenvalue weighted by molar-refractivity contribution is 0.475. The molecule has 1 nitrogen and oxygen atoms in total. The van der Waals surface area contributed by atoms with E-state index in [1.807, 2.05) is 25.1 Å². The molecule has 1 aromatic carbocycles. The zero-order valence-corrected chi connectivity index (χ0v) is 8.38. The van der Waals surface area contributed by atoms with E-state index in [1.165, 1.54) is 0 Å². The van der Waals surface area contributed by atoms with Gasteiger partial charge in [0.25, 0.3) is 0 Å². The van der Waals surface area contributed by atoms with Gasteiger partial charge in [-0.05, 0) is 36.6 Å². The van der Waals surface area contributed by atoms with Crippen LogP contribution in [0.1, 0.15) is 17.5 Å². The first-order valence-corrected chi connectivity index (χ1v) is 4.79. The quantitative estimate of drug-likeness (QED) is 0.736. The summed E-state index contributed by atoms with van der Waals surface area (Å²) >= 11 is 5.54. The Hall–Kier alpha value is -0.950. The van der Waals surface area contributed by atoms with E-state index in [0.29, 0.717) is 11.6 Å². The van der Waals surface area contributed by atoms with Crippen LogP contribution in [0, 0.1) is 6.92 Å². The topological polar surface area (TPSA) is 20.2 Å². The minimum atomic E-state index is 0.302. The van der Waals surface area contributed by atoms with Gasteiger partial charge in [0.15, 0.2) is 0 Å². The molecule has 0 bridgehead atoms. The number of hydrogen-bond donors (Lipinski definition) is 1. The Morgan fingerprint density at radius 1 is 1.46 bits per heavy atom. The molecule has 1 N–H and O–H groups in total. The fourth-order valence-corrected chi connectivity index (χ4v) is 1.21. The number of benzene rings is 1. The maximum Gasteiger partial charge on any atom is 0.116 e. The second-order valence-corrected chi connectivity index (χ2v) is 3.30. The van der Waals surface area contributed by atoms with Crippen LogP contribution in [0.4, 0.5) is 0 Å². The average molecular weight is 197 g/mol. The van der Waals surface area contributed by atoms with E-state index >= 15 is 0 Å². The van der Waals surface area contributed by atoms with Crippen molar-refractivity contribution in [2.24, 2.45) is 0 Å². The normalized spacial score (nSPS) is 10.9. The van der Waals surface area contributed by atoms with E-state index in [2.05, 4.69) is 0 Å². The molecule has 1 rings (SSSR count). The number of phenols is 1. The summed E-state index contributed by atoms with van der Waals surface area (Å²) in [4.78, 5) is 0. The monoisotopic (exact) mass is 196 g/mol.